The third-order valence-electron chi connectivity index (χ3n) is 7.75. The summed E-state index contributed by atoms with van der Waals surface area (Å²) in [4.78, 5) is 10.3. The summed E-state index contributed by atoms with van der Waals surface area (Å²) in [5.74, 6) is 0.853. The average molecular weight is 561 g/mol. The zero-order valence-corrected chi connectivity index (χ0v) is 22.9. The van der Waals surface area contributed by atoms with Gasteiger partial charge in [-0.25, -0.2) is 13.4 Å². The molecule has 8 rings (SSSR count). The topological polar surface area (TPSA) is 50.3 Å². The van der Waals surface area contributed by atoms with Crippen LogP contribution in [0.5, 0.6) is 0 Å². The van der Waals surface area contributed by atoms with Crippen LogP contribution in [0.3, 0.4) is 0 Å². The van der Waals surface area contributed by atoms with Crippen LogP contribution in [0.15, 0.2) is 130 Å². The van der Waals surface area contributed by atoms with Gasteiger partial charge in [0.05, 0.1) is 20.9 Å². The van der Waals surface area contributed by atoms with Crippen molar-refractivity contribution in [2.24, 2.45) is 0 Å². The van der Waals surface area contributed by atoms with Gasteiger partial charge in [0.2, 0.25) is 9.84 Å². The Balaban J connectivity index is 1.35. The van der Waals surface area contributed by atoms with Crippen molar-refractivity contribution in [2.75, 3.05) is 4.90 Å². The highest BCUT2D eigenvalue weighted by Crippen LogP contribution is 2.64. The van der Waals surface area contributed by atoms with Crippen LogP contribution >= 0.6 is 22.7 Å². The number of benzene rings is 3. The molecule has 6 aromatic rings. The first kappa shape index (κ1) is 22.9. The molecule has 0 bridgehead atoms. The lowest BCUT2D eigenvalue weighted by molar-refractivity contribution is 0.596. The Bertz CT molecular complexity index is 1900. The maximum atomic E-state index is 13.2. The zero-order valence-electron chi connectivity index (χ0n) is 20.5. The lowest BCUT2D eigenvalue weighted by atomic mass is 9.66. The number of aromatic nitrogens is 1. The normalized spacial score (nSPS) is 14.5. The molecule has 1 aliphatic heterocycles. The molecule has 0 fully saturated rings. The zero-order chi connectivity index (χ0) is 26.2. The van der Waals surface area contributed by atoms with E-state index in [4.69, 9.17) is 4.98 Å². The van der Waals surface area contributed by atoms with Crippen molar-refractivity contribution >= 4 is 49.7 Å². The second kappa shape index (κ2) is 8.23. The van der Waals surface area contributed by atoms with Crippen molar-refractivity contribution in [3.8, 4) is 9.75 Å². The lowest BCUT2D eigenvalue weighted by Crippen LogP contribution is -2.36. The van der Waals surface area contributed by atoms with Gasteiger partial charge in [0, 0.05) is 27.2 Å². The van der Waals surface area contributed by atoms with E-state index in [9.17, 15) is 8.42 Å². The van der Waals surface area contributed by atoms with Gasteiger partial charge in [0.15, 0.2) is 0 Å². The molecule has 4 heterocycles. The number of anilines is 3. The van der Waals surface area contributed by atoms with E-state index < -0.39 is 15.3 Å². The summed E-state index contributed by atoms with van der Waals surface area (Å²) in [6.07, 6.45) is 1.83. The molecule has 7 heteroatoms. The fourth-order valence-corrected chi connectivity index (χ4v) is 9.55. The summed E-state index contributed by atoms with van der Waals surface area (Å²) >= 11 is 3.59. The van der Waals surface area contributed by atoms with Crippen molar-refractivity contribution in [2.45, 2.75) is 15.2 Å². The predicted octanol–water partition coefficient (Wildman–Crippen LogP) is 8.18. The molecule has 0 radical (unpaired) electrons. The molecule has 188 valence electrons. The molecule has 4 nitrogen and oxygen atoms in total. The SMILES string of the molecule is O=S(=O)(c1ccccc1)c1ccc(N2c3ccccc3C3(c4cccnc42)c2ccsc2-c2sccc23)cc1. The van der Waals surface area contributed by atoms with Gasteiger partial charge in [0.1, 0.15) is 5.82 Å². The average Bonchev–Trinajstić information content (AvgIpc) is 3.71. The quantitative estimate of drug-likeness (QED) is 0.219. The molecular formula is C32H20N2O2S3. The molecule has 3 aromatic heterocycles. The minimum atomic E-state index is -3.61. The highest BCUT2D eigenvalue weighted by Gasteiger charge is 2.53. The molecule has 0 amide bonds. The molecule has 1 aliphatic carbocycles. The number of sulfone groups is 1. The van der Waals surface area contributed by atoms with Crippen LogP contribution in [0.1, 0.15) is 22.3 Å². The van der Waals surface area contributed by atoms with Crippen LogP contribution in [0.4, 0.5) is 17.2 Å². The number of thiophene rings is 2. The molecule has 3 aromatic carbocycles. The van der Waals surface area contributed by atoms with E-state index in [1.165, 1.54) is 26.4 Å². The molecule has 0 N–H and O–H groups in total. The van der Waals surface area contributed by atoms with Crippen molar-refractivity contribution in [1.29, 1.82) is 0 Å². The highest BCUT2D eigenvalue weighted by molar-refractivity contribution is 7.91. The Morgan fingerprint density at radius 2 is 1.23 bits per heavy atom. The fraction of sp³-hybridized carbons (Fsp3) is 0.0312. The Kier molecular flexibility index (Phi) is 4.83. The second-order valence-electron chi connectivity index (χ2n) is 9.61. The van der Waals surface area contributed by atoms with E-state index in [1.54, 1.807) is 59.1 Å². The first-order valence-corrected chi connectivity index (χ1v) is 15.8. The summed E-state index contributed by atoms with van der Waals surface area (Å²) in [7, 11) is -3.61. The minimum absolute atomic E-state index is 0.266. The summed E-state index contributed by atoms with van der Waals surface area (Å²) in [5.41, 5.74) is 6.39. The number of para-hydroxylation sites is 1. The summed E-state index contributed by atoms with van der Waals surface area (Å²) < 4.78 is 26.5. The number of hydrogen-bond acceptors (Lipinski definition) is 6. The Labute approximate surface area is 234 Å². The number of hydrogen-bond donors (Lipinski definition) is 0. The van der Waals surface area contributed by atoms with Gasteiger partial charge in [0.25, 0.3) is 0 Å². The van der Waals surface area contributed by atoms with Crippen LogP contribution in [-0.2, 0) is 15.3 Å². The van der Waals surface area contributed by atoms with Crippen molar-refractivity contribution < 1.29 is 8.42 Å². The van der Waals surface area contributed by atoms with E-state index >= 15 is 0 Å². The van der Waals surface area contributed by atoms with Gasteiger partial charge in [-0.2, -0.15) is 0 Å². The van der Waals surface area contributed by atoms with Gasteiger partial charge >= 0.3 is 0 Å². The van der Waals surface area contributed by atoms with Gasteiger partial charge in [-0.05, 0) is 88.1 Å². The summed E-state index contributed by atoms with van der Waals surface area (Å²) in [5, 5.41) is 4.37. The van der Waals surface area contributed by atoms with Crippen LogP contribution < -0.4 is 4.90 Å². The number of fused-ring (bicyclic) bond motifs is 9. The van der Waals surface area contributed by atoms with Crippen molar-refractivity contribution in [3.05, 3.63) is 142 Å². The molecule has 0 atom stereocenters. The van der Waals surface area contributed by atoms with Gasteiger partial charge in [-0.3, -0.25) is 4.90 Å². The Hall–Kier alpha value is -4.04. The monoisotopic (exact) mass is 560 g/mol. The van der Waals surface area contributed by atoms with E-state index in [1.807, 2.05) is 30.5 Å². The van der Waals surface area contributed by atoms with E-state index in [0.717, 1.165) is 22.8 Å². The third-order valence-corrected chi connectivity index (χ3v) is 11.5. The molecule has 0 saturated carbocycles. The molecule has 2 aliphatic rings. The summed E-state index contributed by atoms with van der Waals surface area (Å²) in [6, 6.07) is 32.9. The van der Waals surface area contributed by atoms with Crippen molar-refractivity contribution in [3.63, 3.8) is 0 Å². The molecule has 0 saturated heterocycles. The molecule has 1 spiro atoms. The standard InChI is InChI=1S/C32H20N2O2S3/c35-39(36,22-7-2-1-3-8-22)23-14-12-21(13-15-23)34-28-11-5-4-9-24(28)32(27-10-6-18-33-31(27)34)25-16-19-37-29(25)30-26(32)17-20-38-30/h1-20H. The van der Waals surface area contributed by atoms with Crippen LogP contribution in [0.25, 0.3) is 9.75 Å². The maximum Gasteiger partial charge on any atom is 0.206 e. The van der Waals surface area contributed by atoms with Crippen molar-refractivity contribution in [1.82, 2.24) is 4.98 Å². The Morgan fingerprint density at radius 3 is 1.95 bits per heavy atom. The molecule has 39 heavy (non-hydrogen) atoms. The minimum Gasteiger partial charge on any atom is -0.294 e. The van der Waals surface area contributed by atoms with E-state index in [0.29, 0.717) is 0 Å². The third kappa shape index (κ3) is 2.98. The number of pyridine rings is 1. The van der Waals surface area contributed by atoms with Gasteiger partial charge < -0.3 is 0 Å². The van der Waals surface area contributed by atoms with Crippen LogP contribution in [-0.4, -0.2) is 13.4 Å². The van der Waals surface area contributed by atoms with Crippen LogP contribution in [0, 0.1) is 0 Å². The smallest absolute Gasteiger partial charge is 0.206 e. The number of nitrogens with zero attached hydrogens (tertiary/aromatic N) is 2. The largest absolute Gasteiger partial charge is 0.294 e. The number of rotatable bonds is 3. The van der Waals surface area contributed by atoms with E-state index in [-0.39, 0.29) is 9.79 Å². The maximum absolute atomic E-state index is 13.2. The lowest BCUT2D eigenvalue weighted by Gasteiger charge is -2.43. The summed E-state index contributed by atoms with van der Waals surface area (Å²) in [6.45, 7) is 0. The first-order chi connectivity index (χ1) is 19.1. The first-order valence-electron chi connectivity index (χ1n) is 12.5. The fourth-order valence-electron chi connectivity index (χ4n) is 6.17. The van der Waals surface area contributed by atoms with Gasteiger partial charge in [-0.15, -0.1) is 22.7 Å². The molecular weight excluding hydrogens is 541 g/mol. The molecule has 0 unspecified atom stereocenters. The van der Waals surface area contributed by atoms with Crippen LogP contribution in [0.2, 0.25) is 0 Å². The highest BCUT2D eigenvalue weighted by atomic mass is 32.2. The Morgan fingerprint density at radius 1 is 0.615 bits per heavy atom. The predicted molar refractivity (Wildman–Crippen MR) is 157 cm³/mol. The van der Waals surface area contributed by atoms with E-state index in [2.05, 4.69) is 58.1 Å². The second-order valence-corrected chi connectivity index (χ2v) is 13.4. The van der Waals surface area contributed by atoms with Gasteiger partial charge in [-0.1, -0.05) is 42.5 Å².